The topological polar surface area (TPSA) is 76.7 Å². The zero-order valence-corrected chi connectivity index (χ0v) is 14.2. The average Bonchev–Trinajstić information content (AvgIpc) is 3.45. The van der Waals surface area contributed by atoms with E-state index in [-0.39, 0.29) is 17.9 Å². The normalized spacial score (nSPS) is 13.0. The highest BCUT2D eigenvalue weighted by Gasteiger charge is 2.23. The number of hydrogen-bond donors (Lipinski definition) is 2. The van der Waals surface area contributed by atoms with Gasteiger partial charge in [-0.2, -0.15) is 0 Å². The average molecular weight is 340 g/mol. The molecule has 0 aromatic heterocycles. The van der Waals surface area contributed by atoms with E-state index in [1.807, 2.05) is 0 Å². The van der Waals surface area contributed by atoms with E-state index >= 15 is 0 Å². The highest BCUT2D eigenvalue weighted by molar-refractivity contribution is 6.05. The zero-order chi connectivity index (χ0) is 17.8. The first-order valence-corrected chi connectivity index (χ1v) is 8.05. The third-order valence-electron chi connectivity index (χ3n) is 3.94. The Morgan fingerprint density at radius 3 is 2.32 bits per heavy atom. The second-order valence-electron chi connectivity index (χ2n) is 5.85. The third kappa shape index (κ3) is 4.09. The zero-order valence-electron chi connectivity index (χ0n) is 14.2. The fourth-order valence-corrected chi connectivity index (χ4v) is 2.42. The molecule has 6 heteroatoms. The van der Waals surface area contributed by atoms with Crippen molar-refractivity contribution in [1.29, 1.82) is 0 Å². The van der Waals surface area contributed by atoms with Crippen molar-refractivity contribution in [1.82, 2.24) is 5.32 Å². The fourth-order valence-electron chi connectivity index (χ4n) is 2.42. The maximum Gasteiger partial charge on any atom is 0.255 e. The van der Waals surface area contributed by atoms with Crippen molar-refractivity contribution in [2.75, 3.05) is 19.5 Å². The first kappa shape index (κ1) is 16.8. The summed E-state index contributed by atoms with van der Waals surface area (Å²) in [7, 11) is 3.05. The number of hydrogen-bond acceptors (Lipinski definition) is 4. The summed E-state index contributed by atoms with van der Waals surface area (Å²) in [6.07, 6.45) is 2.06. The minimum Gasteiger partial charge on any atom is -0.493 e. The van der Waals surface area contributed by atoms with Gasteiger partial charge in [0, 0.05) is 22.9 Å². The predicted octanol–water partition coefficient (Wildman–Crippen LogP) is 2.85. The van der Waals surface area contributed by atoms with Crippen molar-refractivity contribution in [3.05, 3.63) is 53.6 Å². The Kier molecular flexibility index (Phi) is 4.88. The molecule has 2 amide bonds. The largest absolute Gasteiger partial charge is 0.493 e. The summed E-state index contributed by atoms with van der Waals surface area (Å²) in [6, 6.07) is 12.1. The summed E-state index contributed by atoms with van der Waals surface area (Å²) in [4.78, 5) is 24.5. The van der Waals surface area contributed by atoms with E-state index in [1.54, 1.807) is 42.5 Å². The minimum absolute atomic E-state index is 0.121. The molecular weight excluding hydrogens is 320 g/mol. The van der Waals surface area contributed by atoms with Crippen LogP contribution in [0.25, 0.3) is 0 Å². The van der Waals surface area contributed by atoms with E-state index in [9.17, 15) is 9.59 Å². The standard InChI is InChI=1S/C19H20N2O4/c1-24-16-9-6-13(11-17(16)25-2)19(23)21-15-5-3-4-12(10-15)18(22)20-14-7-8-14/h3-6,9-11,14H,7-8H2,1-2H3,(H,20,22)(H,21,23). The SMILES string of the molecule is COc1ccc(C(=O)Nc2cccc(C(=O)NC3CC3)c2)cc1OC. The van der Waals surface area contributed by atoms with Crippen LogP contribution in [0.15, 0.2) is 42.5 Å². The van der Waals surface area contributed by atoms with Gasteiger partial charge < -0.3 is 20.1 Å². The molecule has 2 aromatic rings. The van der Waals surface area contributed by atoms with E-state index in [0.717, 1.165) is 12.8 Å². The van der Waals surface area contributed by atoms with Crippen LogP contribution in [0.3, 0.4) is 0 Å². The van der Waals surface area contributed by atoms with E-state index in [0.29, 0.717) is 28.3 Å². The molecule has 1 fully saturated rings. The lowest BCUT2D eigenvalue weighted by atomic mass is 10.1. The number of methoxy groups -OCH3 is 2. The molecule has 0 saturated heterocycles. The van der Waals surface area contributed by atoms with Gasteiger partial charge in [0.2, 0.25) is 0 Å². The molecule has 130 valence electrons. The van der Waals surface area contributed by atoms with Crippen molar-refractivity contribution in [3.63, 3.8) is 0 Å². The van der Waals surface area contributed by atoms with Crippen LogP contribution in [0.5, 0.6) is 11.5 Å². The molecule has 1 aliphatic rings. The number of nitrogens with one attached hydrogen (secondary N) is 2. The number of amides is 2. The van der Waals surface area contributed by atoms with Crippen LogP contribution in [-0.2, 0) is 0 Å². The summed E-state index contributed by atoms with van der Waals surface area (Å²) in [5.74, 6) is 0.621. The molecule has 0 heterocycles. The Balaban J connectivity index is 1.73. The van der Waals surface area contributed by atoms with Gasteiger partial charge in [-0.3, -0.25) is 9.59 Å². The molecule has 3 rings (SSSR count). The lowest BCUT2D eigenvalue weighted by molar-refractivity contribution is 0.0949. The molecule has 1 aliphatic carbocycles. The summed E-state index contributed by atoms with van der Waals surface area (Å²) in [5.41, 5.74) is 1.52. The van der Waals surface area contributed by atoms with Gasteiger partial charge in [0.25, 0.3) is 11.8 Å². The molecule has 1 saturated carbocycles. The lowest BCUT2D eigenvalue weighted by Gasteiger charge is -2.11. The molecule has 0 spiro atoms. The number of ether oxygens (including phenoxy) is 2. The van der Waals surface area contributed by atoms with E-state index in [2.05, 4.69) is 10.6 Å². The lowest BCUT2D eigenvalue weighted by Crippen LogP contribution is -2.25. The van der Waals surface area contributed by atoms with Gasteiger partial charge in [-0.05, 0) is 49.2 Å². The molecule has 2 N–H and O–H groups in total. The first-order chi connectivity index (χ1) is 12.1. The maximum absolute atomic E-state index is 12.4. The second kappa shape index (κ2) is 7.25. The molecule has 6 nitrogen and oxygen atoms in total. The molecule has 0 unspecified atom stereocenters. The molecule has 2 aromatic carbocycles. The Morgan fingerprint density at radius 2 is 1.64 bits per heavy atom. The van der Waals surface area contributed by atoms with Crippen LogP contribution >= 0.6 is 0 Å². The molecule has 0 atom stereocenters. The number of carbonyl (C=O) groups is 2. The minimum atomic E-state index is -0.291. The van der Waals surface area contributed by atoms with Gasteiger partial charge in [0.05, 0.1) is 14.2 Å². The van der Waals surface area contributed by atoms with Crippen molar-refractivity contribution in [3.8, 4) is 11.5 Å². The van der Waals surface area contributed by atoms with Crippen molar-refractivity contribution in [2.45, 2.75) is 18.9 Å². The Hall–Kier alpha value is -3.02. The summed E-state index contributed by atoms with van der Waals surface area (Å²) in [5, 5.41) is 5.72. The Bertz CT molecular complexity index is 800. The van der Waals surface area contributed by atoms with Crippen LogP contribution in [0.4, 0.5) is 5.69 Å². The van der Waals surface area contributed by atoms with Crippen LogP contribution < -0.4 is 20.1 Å². The highest BCUT2D eigenvalue weighted by atomic mass is 16.5. The summed E-state index contributed by atoms with van der Waals surface area (Å²) < 4.78 is 10.4. The van der Waals surface area contributed by atoms with Crippen LogP contribution in [0.2, 0.25) is 0 Å². The Morgan fingerprint density at radius 1 is 0.920 bits per heavy atom. The maximum atomic E-state index is 12.4. The Labute approximate surface area is 146 Å². The fraction of sp³-hybridized carbons (Fsp3) is 0.263. The van der Waals surface area contributed by atoms with E-state index in [1.165, 1.54) is 14.2 Å². The van der Waals surface area contributed by atoms with Gasteiger partial charge in [-0.15, -0.1) is 0 Å². The van der Waals surface area contributed by atoms with Gasteiger partial charge in [0.1, 0.15) is 0 Å². The number of anilines is 1. The highest BCUT2D eigenvalue weighted by Crippen LogP contribution is 2.28. The molecular formula is C19H20N2O4. The summed E-state index contributed by atoms with van der Waals surface area (Å²) >= 11 is 0. The smallest absolute Gasteiger partial charge is 0.255 e. The van der Waals surface area contributed by atoms with Crippen LogP contribution in [0, 0.1) is 0 Å². The summed E-state index contributed by atoms with van der Waals surface area (Å²) in [6.45, 7) is 0. The van der Waals surface area contributed by atoms with Crippen molar-refractivity contribution < 1.29 is 19.1 Å². The molecule has 0 radical (unpaired) electrons. The van der Waals surface area contributed by atoms with Crippen LogP contribution in [0.1, 0.15) is 33.6 Å². The molecule has 0 aliphatic heterocycles. The molecule has 25 heavy (non-hydrogen) atoms. The van der Waals surface area contributed by atoms with Gasteiger partial charge in [0.15, 0.2) is 11.5 Å². The van der Waals surface area contributed by atoms with Crippen LogP contribution in [-0.4, -0.2) is 32.1 Å². The number of benzene rings is 2. The molecule has 0 bridgehead atoms. The van der Waals surface area contributed by atoms with Gasteiger partial charge in [-0.25, -0.2) is 0 Å². The van der Waals surface area contributed by atoms with Crippen molar-refractivity contribution >= 4 is 17.5 Å². The monoisotopic (exact) mass is 340 g/mol. The number of carbonyl (C=O) groups excluding carboxylic acids is 2. The van der Waals surface area contributed by atoms with E-state index < -0.39 is 0 Å². The predicted molar refractivity (Wildman–Crippen MR) is 94.4 cm³/mol. The number of rotatable bonds is 6. The second-order valence-corrected chi connectivity index (χ2v) is 5.85. The third-order valence-corrected chi connectivity index (χ3v) is 3.94. The van der Waals surface area contributed by atoms with Crippen molar-refractivity contribution in [2.24, 2.45) is 0 Å². The quantitative estimate of drug-likeness (QED) is 0.848. The first-order valence-electron chi connectivity index (χ1n) is 8.05. The van der Waals surface area contributed by atoms with E-state index in [4.69, 9.17) is 9.47 Å². The van der Waals surface area contributed by atoms with Gasteiger partial charge in [-0.1, -0.05) is 6.07 Å². The van der Waals surface area contributed by atoms with Gasteiger partial charge >= 0.3 is 0 Å².